The van der Waals surface area contributed by atoms with E-state index in [1.165, 1.54) is 5.56 Å². The summed E-state index contributed by atoms with van der Waals surface area (Å²) in [4.78, 5) is 12.1. The molecule has 26 heavy (non-hydrogen) atoms. The van der Waals surface area contributed by atoms with Gasteiger partial charge in [0.15, 0.2) is 5.76 Å². The Hall–Kier alpha value is -3.08. The van der Waals surface area contributed by atoms with Crippen LogP contribution < -0.4 is 4.74 Å². The molecule has 0 aliphatic carbocycles. The van der Waals surface area contributed by atoms with Crippen LogP contribution in [-0.4, -0.2) is 17.2 Å². The fourth-order valence-electron chi connectivity index (χ4n) is 2.40. The number of benzene rings is 2. The van der Waals surface area contributed by atoms with Crippen molar-refractivity contribution in [2.75, 3.05) is 0 Å². The standard InChI is InChI=1S/C21H21NO4/c1-14(2)25-19-10-8-17(9-11-19)21(23)24-13-18-12-20(26-22-18)16-6-4-15(3)5-7-16/h4-12,14H,13H2,1-3H3. The molecule has 0 saturated heterocycles. The van der Waals surface area contributed by atoms with Crippen LogP contribution in [0.15, 0.2) is 59.1 Å². The van der Waals surface area contributed by atoms with Crippen molar-refractivity contribution < 1.29 is 18.8 Å². The minimum Gasteiger partial charge on any atom is -0.491 e. The van der Waals surface area contributed by atoms with Crippen LogP contribution in [0.25, 0.3) is 11.3 Å². The first-order chi connectivity index (χ1) is 12.5. The topological polar surface area (TPSA) is 61.6 Å². The summed E-state index contributed by atoms with van der Waals surface area (Å²) in [7, 11) is 0. The molecule has 5 heteroatoms. The number of aryl methyl sites for hydroxylation is 1. The summed E-state index contributed by atoms with van der Waals surface area (Å²) in [5.41, 5.74) is 3.13. The van der Waals surface area contributed by atoms with Crippen LogP contribution in [0.2, 0.25) is 0 Å². The lowest BCUT2D eigenvalue weighted by Crippen LogP contribution is -2.07. The molecule has 0 aliphatic heterocycles. The van der Waals surface area contributed by atoms with Gasteiger partial charge in [0.2, 0.25) is 0 Å². The summed E-state index contributed by atoms with van der Waals surface area (Å²) in [6.07, 6.45) is 0.0858. The van der Waals surface area contributed by atoms with Gasteiger partial charge in [0, 0.05) is 11.6 Å². The number of hydrogen-bond acceptors (Lipinski definition) is 5. The first-order valence-electron chi connectivity index (χ1n) is 8.48. The van der Waals surface area contributed by atoms with E-state index < -0.39 is 5.97 Å². The van der Waals surface area contributed by atoms with Gasteiger partial charge >= 0.3 is 5.97 Å². The average Bonchev–Trinajstić information content (AvgIpc) is 3.09. The summed E-state index contributed by atoms with van der Waals surface area (Å²) in [6, 6.07) is 16.6. The molecule has 3 aromatic rings. The Bertz CT molecular complexity index is 864. The normalized spacial score (nSPS) is 10.8. The monoisotopic (exact) mass is 351 g/mol. The van der Waals surface area contributed by atoms with Gasteiger partial charge in [-0.1, -0.05) is 35.0 Å². The quantitative estimate of drug-likeness (QED) is 0.597. The smallest absolute Gasteiger partial charge is 0.338 e. The molecule has 0 aliphatic rings. The van der Waals surface area contributed by atoms with Crippen LogP contribution in [0.1, 0.15) is 35.5 Å². The fourth-order valence-corrected chi connectivity index (χ4v) is 2.40. The molecule has 0 N–H and O–H groups in total. The van der Waals surface area contributed by atoms with Crippen molar-refractivity contribution in [1.82, 2.24) is 5.16 Å². The zero-order valence-electron chi connectivity index (χ0n) is 15.1. The third-order valence-electron chi connectivity index (χ3n) is 3.71. The van der Waals surface area contributed by atoms with Crippen molar-refractivity contribution in [3.63, 3.8) is 0 Å². The molecule has 1 aromatic heterocycles. The van der Waals surface area contributed by atoms with E-state index in [1.54, 1.807) is 30.3 Å². The maximum Gasteiger partial charge on any atom is 0.338 e. The van der Waals surface area contributed by atoms with Crippen LogP contribution >= 0.6 is 0 Å². The molecule has 2 aromatic carbocycles. The van der Waals surface area contributed by atoms with Gasteiger partial charge in [-0.15, -0.1) is 0 Å². The van der Waals surface area contributed by atoms with Gasteiger partial charge in [0.05, 0.1) is 11.7 Å². The zero-order chi connectivity index (χ0) is 18.5. The number of carbonyl (C=O) groups excluding carboxylic acids is 1. The van der Waals surface area contributed by atoms with Crippen LogP contribution in [0.4, 0.5) is 0 Å². The summed E-state index contributed by atoms with van der Waals surface area (Å²) >= 11 is 0. The Morgan fingerprint density at radius 3 is 2.42 bits per heavy atom. The second-order valence-electron chi connectivity index (χ2n) is 6.32. The Morgan fingerprint density at radius 2 is 1.77 bits per heavy atom. The highest BCUT2D eigenvalue weighted by molar-refractivity contribution is 5.89. The van der Waals surface area contributed by atoms with Crippen LogP contribution in [0, 0.1) is 6.92 Å². The van der Waals surface area contributed by atoms with Crippen molar-refractivity contribution in [1.29, 1.82) is 0 Å². The van der Waals surface area contributed by atoms with Crippen LogP contribution in [-0.2, 0) is 11.3 Å². The highest BCUT2D eigenvalue weighted by atomic mass is 16.5. The Kier molecular flexibility index (Phi) is 5.37. The molecule has 0 atom stereocenters. The molecule has 0 fully saturated rings. The van der Waals surface area contributed by atoms with Gasteiger partial charge in [-0.25, -0.2) is 4.79 Å². The number of carbonyl (C=O) groups is 1. The first kappa shape index (κ1) is 17.7. The molecule has 3 rings (SSSR count). The number of esters is 1. The van der Waals surface area contributed by atoms with E-state index in [9.17, 15) is 4.79 Å². The van der Waals surface area contributed by atoms with E-state index in [4.69, 9.17) is 14.0 Å². The number of ether oxygens (including phenoxy) is 2. The predicted molar refractivity (Wildman–Crippen MR) is 98.0 cm³/mol. The average molecular weight is 351 g/mol. The lowest BCUT2D eigenvalue weighted by Gasteiger charge is -2.09. The molecule has 5 nitrogen and oxygen atoms in total. The summed E-state index contributed by atoms with van der Waals surface area (Å²) in [5.74, 6) is 0.947. The van der Waals surface area contributed by atoms with Crippen molar-refractivity contribution >= 4 is 5.97 Å². The molecule has 134 valence electrons. The largest absolute Gasteiger partial charge is 0.491 e. The molecule has 0 radical (unpaired) electrons. The highest BCUT2D eigenvalue weighted by Gasteiger charge is 2.11. The SMILES string of the molecule is Cc1ccc(-c2cc(COC(=O)c3ccc(OC(C)C)cc3)no2)cc1. The molecular formula is C21H21NO4. The molecule has 0 unspecified atom stereocenters. The third-order valence-corrected chi connectivity index (χ3v) is 3.71. The van der Waals surface area contributed by atoms with Gasteiger partial charge in [-0.2, -0.15) is 0 Å². The molecule has 1 heterocycles. The molecule has 0 spiro atoms. The Balaban J connectivity index is 1.58. The minimum atomic E-state index is -0.416. The Morgan fingerprint density at radius 1 is 1.08 bits per heavy atom. The van der Waals surface area contributed by atoms with Gasteiger partial charge in [0.1, 0.15) is 18.1 Å². The van der Waals surface area contributed by atoms with E-state index in [1.807, 2.05) is 45.0 Å². The minimum absolute atomic E-state index is 0.0540. The van der Waals surface area contributed by atoms with Gasteiger partial charge in [0.25, 0.3) is 0 Å². The summed E-state index contributed by atoms with van der Waals surface area (Å²) in [6.45, 7) is 5.98. The van der Waals surface area contributed by atoms with Crippen molar-refractivity contribution in [2.24, 2.45) is 0 Å². The summed E-state index contributed by atoms with van der Waals surface area (Å²) < 4.78 is 16.2. The van der Waals surface area contributed by atoms with Crippen LogP contribution in [0.3, 0.4) is 0 Å². The number of rotatable bonds is 6. The number of hydrogen-bond donors (Lipinski definition) is 0. The molecule has 0 bridgehead atoms. The number of aromatic nitrogens is 1. The molecule has 0 amide bonds. The summed E-state index contributed by atoms with van der Waals surface area (Å²) in [5, 5.41) is 3.96. The van der Waals surface area contributed by atoms with E-state index in [0.717, 1.165) is 11.3 Å². The molecular weight excluding hydrogens is 330 g/mol. The predicted octanol–water partition coefficient (Wildman–Crippen LogP) is 4.79. The maximum absolute atomic E-state index is 12.1. The zero-order valence-corrected chi connectivity index (χ0v) is 15.1. The van der Waals surface area contributed by atoms with Gasteiger partial charge in [-0.05, 0) is 45.0 Å². The highest BCUT2D eigenvalue weighted by Crippen LogP contribution is 2.21. The molecule has 0 saturated carbocycles. The van der Waals surface area contributed by atoms with Crippen molar-refractivity contribution in [3.05, 3.63) is 71.4 Å². The Labute approximate surface area is 152 Å². The van der Waals surface area contributed by atoms with Crippen molar-refractivity contribution in [2.45, 2.75) is 33.5 Å². The van der Waals surface area contributed by atoms with Gasteiger partial charge < -0.3 is 14.0 Å². The van der Waals surface area contributed by atoms with E-state index in [0.29, 0.717) is 17.0 Å². The lowest BCUT2D eigenvalue weighted by molar-refractivity contribution is 0.0464. The second kappa shape index (κ2) is 7.87. The second-order valence-corrected chi connectivity index (χ2v) is 6.32. The van der Waals surface area contributed by atoms with Gasteiger partial charge in [-0.3, -0.25) is 0 Å². The van der Waals surface area contributed by atoms with Crippen LogP contribution in [0.5, 0.6) is 5.75 Å². The van der Waals surface area contributed by atoms with E-state index >= 15 is 0 Å². The fraction of sp³-hybridized carbons (Fsp3) is 0.238. The van der Waals surface area contributed by atoms with E-state index in [-0.39, 0.29) is 12.7 Å². The van der Waals surface area contributed by atoms with E-state index in [2.05, 4.69) is 5.16 Å². The first-order valence-corrected chi connectivity index (χ1v) is 8.48. The third kappa shape index (κ3) is 4.51. The van der Waals surface area contributed by atoms with Crippen molar-refractivity contribution in [3.8, 4) is 17.1 Å². The maximum atomic E-state index is 12.1. The number of nitrogens with zero attached hydrogens (tertiary/aromatic N) is 1. The lowest BCUT2D eigenvalue weighted by atomic mass is 10.1.